The first-order valence-electron chi connectivity index (χ1n) is 9.50. The van der Waals surface area contributed by atoms with Crippen molar-refractivity contribution in [1.82, 2.24) is 9.97 Å². The maximum absolute atomic E-state index is 6.11. The van der Waals surface area contributed by atoms with Crippen LogP contribution in [0, 0.1) is 18.8 Å². The summed E-state index contributed by atoms with van der Waals surface area (Å²) in [6.07, 6.45) is 1.70. The first-order chi connectivity index (χ1) is 12.8. The van der Waals surface area contributed by atoms with Crippen LogP contribution in [0.1, 0.15) is 39.1 Å². The van der Waals surface area contributed by atoms with E-state index in [2.05, 4.69) is 66.0 Å². The predicted molar refractivity (Wildman–Crippen MR) is 116 cm³/mol. The van der Waals surface area contributed by atoms with Crippen LogP contribution in [0.15, 0.2) is 29.3 Å². The molecule has 1 aromatic carbocycles. The number of benzene rings is 1. The van der Waals surface area contributed by atoms with Gasteiger partial charge in [0.1, 0.15) is 11.5 Å². The van der Waals surface area contributed by atoms with Crippen LogP contribution in [0.2, 0.25) is 0 Å². The largest absolute Gasteiger partial charge is 0.382 e. The topological polar surface area (TPSA) is 79.4 Å². The molecule has 2 rings (SSSR count). The van der Waals surface area contributed by atoms with Crippen molar-refractivity contribution in [2.24, 2.45) is 16.8 Å². The first kappa shape index (κ1) is 20.7. The van der Waals surface area contributed by atoms with E-state index in [0.29, 0.717) is 23.3 Å². The molecule has 1 heterocycles. The highest BCUT2D eigenvalue weighted by atomic mass is 15.1. The van der Waals surface area contributed by atoms with Gasteiger partial charge in [0.25, 0.3) is 0 Å². The van der Waals surface area contributed by atoms with Crippen LogP contribution in [-0.2, 0) is 0 Å². The number of hydrogen-bond donors (Lipinski definition) is 2. The molecule has 0 aliphatic rings. The van der Waals surface area contributed by atoms with Gasteiger partial charge < -0.3 is 16.0 Å². The zero-order valence-corrected chi connectivity index (χ0v) is 17.3. The molecule has 0 saturated heterocycles. The molecule has 0 amide bonds. The molecule has 0 spiro atoms. The van der Waals surface area contributed by atoms with Crippen LogP contribution in [0.25, 0.3) is 0 Å². The van der Waals surface area contributed by atoms with Crippen LogP contribution in [0.3, 0.4) is 0 Å². The highest BCUT2D eigenvalue weighted by Crippen LogP contribution is 2.28. The van der Waals surface area contributed by atoms with Crippen molar-refractivity contribution >= 4 is 29.2 Å². The van der Waals surface area contributed by atoms with Crippen molar-refractivity contribution in [2.75, 3.05) is 36.1 Å². The number of nitrogens with one attached hydrogen (secondary N) is 1. The third-order valence-electron chi connectivity index (χ3n) is 4.06. The SMILES string of the molecule is Cc1nc(C=Nc2ccccc2N(C)CC(C)C)c(N)nc1NCC(C)C. The van der Waals surface area contributed by atoms with Crippen molar-refractivity contribution in [3.63, 3.8) is 0 Å². The lowest BCUT2D eigenvalue weighted by atomic mass is 10.2. The average molecular weight is 369 g/mol. The number of para-hydroxylation sites is 2. The first-order valence-corrected chi connectivity index (χ1v) is 9.50. The number of aryl methyl sites for hydroxylation is 1. The zero-order valence-electron chi connectivity index (χ0n) is 17.3. The lowest BCUT2D eigenvalue weighted by Crippen LogP contribution is -2.22. The standard InChI is InChI=1S/C21H32N6/c1-14(2)11-24-21-16(5)25-18(20(22)26-21)12-23-17-9-7-8-10-19(17)27(6)13-15(3)4/h7-10,12,14-15H,11,13H2,1-6H3,(H3,22,24,26). The molecule has 0 bridgehead atoms. The number of nitrogens with zero attached hydrogens (tertiary/aromatic N) is 4. The molecular formula is C21H32N6. The van der Waals surface area contributed by atoms with Crippen LogP contribution >= 0.6 is 0 Å². The van der Waals surface area contributed by atoms with Gasteiger partial charge in [0.15, 0.2) is 5.82 Å². The Morgan fingerprint density at radius 1 is 1.15 bits per heavy atom. The Morgan fingerprint density at radius 3 is 2.52 bits per heavy atom. The lowest BCUT2D eigenvalue weighted by Gasteiger charge is -2.22. The number of nitrogen functional groups attached to an aromatic ring is 1. The number of rotatable bonds is 8. The minimum Gasteiger partial charge on any atom is -0.382 e. The molecule has 0 saturated carbocycles. The van der Waals surface area contributed by atoms with Crippen molar-refractivity contribution in [3.8, 4) is 0 Å². The molecule has 2 aromatic rings. The van der Waals surface area contributed by atoms with E-state index in [1.54, 1.807) is 6.21 Å². The second-order valence-corrected chi connectivity index (χ2v) is 7.72. The van der Waals surface area contributed by atoms with Gasteiger partial charge in [0.05, 0.1) is 23.3 Å². The van der Waals surface area contributed by atoms with E-state index in [1.165, 1.54) is 0 Å². The zero-order chi connectivity index (χ0) is 20.0. The summed E-state index contributed by atoms with van der Waals surface area (Å²) in [5.74, 6) is 2.20. The molecule has 1 aromatic heterocycles. The monoisotopic (exact) mass is 368 g/mol. The molecule has 3 N–H and O–H groups in total. The van der Waals surface area contributed by atoms with Crippen molar-refractivity contribution in [1.29, 1.82) is 0 Å². The Bertz CT molecular complexity index is 782. The average Bonchev–Trinajstić information content (AvgIpc) is 2.60. The van der Waals surface area contributed by atoms with Crippen molar-refractivity contribution < 1.29 is 0 Å². The summed E-state index contributed by atoms with van der Waals surface area (Å²) in [5.41, 5.74) is 9.49. The van der Waals surface area contributed by atoms with Crippen LogP contribution < -0.4 is 16.0 Å². The molecule has 146 valence electrons. The normalized spacial score (nSPS) is 11.6. The van der Waals surface area contributed by atoms with Gasteiger partial charge in [-0.3, -0.25) is 4.99 Å². The molecule has 0 fully saturated rings. The summed E-state index contributed by atoms with van der Waals surface area (Å²) < 4.78 is 0. The van der Waals surface area contributed by atoms with Gasteiger partial charge in [-0.15, -0.1) is 0 Å². The summed E-state index contributed by atoms with van der Waals surface area (Å²) >= 11 is 0. The molecule has 0 aliphatic heterocycles. The van der Waals surface area contributed by atoms with Gasteiger partial charge in [-0.2, -0.15) is 0 Å². The molecule has 6 heteroatoms. The summed E-state index contributed by atoms with van der Waals surface area (Å²) in [6.45, 7) is 12.4. The van der Waals surface area contributed by atoms with Gasteiger partial charge in [0.2, 0.25) is 0 Å². The van der Waals surface area contributed by atoms with Gasteiger partial charge in [-0.05, 0) is 30.9 Å². The molecular weight excluding hydrogens is 336 g/mol. The minimum absolute atomic E-state index is 0.378. The summed E-state index contributed by atoms with van der Waals surface area (Å²) in [6, 6.07) is 8.09. The third-order valence-corrected chi connectivity index (χ3v) is 4.06. The van der Waals surface area contributed by atoms with Crippen LogP contribution in [-0.4, -0.2) is 36.3 Å². The highest BCUT2D eigenvalue weighted by molar-refractivity contribution is 5.87. The summed E-state index contributed by atoms with van der Waals surface area (Å²) in [7, 11) is 2.09. The number of hydrogen-bond acceptors (Lipinski definition) is 6. The van der Waals surface area contributed by atoms with E-state index in [1.807, 2.05) is 25.1 Å². The Balaban J connectivity index is 2.25. The number of aromatic nitrogens is 2. The Labute approximate surface area is 162 Å². The molecule has 0 atom stereocenters. The molecule has 0 aliphatic carbocycles. The van der Waals surface area contributed by atoms with Crippen molar-refractivity contribution in [2.45, 2.75) is 34.6 Å². The fourth-order valence-corrected chi connectivity index (χ4v) is 2.79. The number of nitrogens with two attached hydrogens (primary N) is 1. The maximum Gasteiger partial charge on any atom is 0.153 e. The van der Waals surface area contributed by atoms with Crippen molar-refractivity contribution in [3.05, 3.63) is 35.7 Å². The predicted octanol–water partition coefficient (Wildman–Crippen LogP) is 4.28. The van der Waals surface area contributed by atoms with E-state index in [9.17, 15) is 0 Å². The quantitative estimate of drug-likeness (QED) is 0.680. The molecule has 0 radical (unpaired) electrons. The van der Waals surface area contributed by atoms with E-state index >= 15 is 0 Å². The Hall–Kier alpha value is -2.63. The van der Waals surface area contributed by atoms with Gasteiger partial charge in [-0.25, -0.2) is 9.97 Å². The maximum atomic E-state index is 6.11. The van der Waals surface area contributed by atoms with Gasteiger partial charge >= 0.3 is 0 Å². The molecule has 0 unspecified atom stereocenters. The third kappa shape index (κ3) is 5.94. The van der Waals surface area contributed by atoms with Crippen LogP contribution in [0.4, 0.5) is 23.0 Å². The fourth-order valence-electron chi connectivity index (χ4n) is 2.79. The smallest absolute Gasteiger partial charge is 0.153 e. The Morgan fingerprint density at radius 2 is 1.85 bits per heavy atom. The van der Waals surface area contributed by atoms with Gasteiger partial charge in [0, 0.05) is 20.1 Å². The molecule has 27 heavy (non-hydrogen) atoms. The van der Waals surface area contributed by atoms with E-state index in [0.717, 1.165) is 36.0 Å². The molecule has 6 nitrogen and oxygen atoms in total. The fraction of sp³-hybridized carbons (Fsp3) is 0.476. The minimum atomic E-state index is 0.378. The second-order valence-electron chi connectivity index (χ2n) is 7.72. The van der Waals surface area contributed by atoms with E-state index in [-0.39, 0.29) is 0 Å². The summed E-state index contributed by atoms with van der Waals surface area (Å²) in [5, 5.41) is 3.29. The lowest BCUT2D eigenvalue weighted by molar-refractivity contribution is 0.638. The number of anilines is 3. The van der Waals surface area contributed by atoms with E-state index < -0.39 is 0 Å². The summed E-state index contributed by atoms with van der Waals surface area (Å²) in [4.78, 5) is 15.9. The van der Waals surface area contributed by atoms with E-state index in [4.69, 9.17) is 5.73 Å². The van der Waals surface area contributed by atoms with Gasteiger partial charge in [-0.1, -0.05) is 39.8 Å². The Kier molecular flexibility index (Phi) is 7.16. The number of aliphatic imine (C=N–C) groups is 1. The second kappa shape index (κ2) is 9.35. The van der Waals surface area contributed by atoms with Crippen LogP contribution in [0.5, 0.6) is 0 Å². The highest BCUT2D eigenvalue weighted by Gasteiger charge is 2.10.